The molecule has 0 bridgehead atoms. The molecule has 13 heteroatoms. The SMILES string of the molecule is COc1ccc([Si](C)(C)[C@H]2[C@H](CC(=O)N3CCC[C@H]3CO)O[C@@]3(C(=O)N(Cc4cccc(N5CN(c6ccccc6)C6(CCNCC6)C5=O)c4)c4ccc(Cl)cc43)[C@@H]2C)cc1. The number of benzene rings is 4. The van der Waals surface area contributed by atoms with E-state index >= 15 is 4.79 Å². The number of rotatable bonds is 10. The Bertz CT molecular complexity index is 2310. The second kappa shape index (κ2) is 16.2. The highest BCUT2D eigenvalue weighted by atomic mass is 35.5. The van der Waals surface area contributed by atoms with Crippen LogP contribution in [0.15, 0.2) is 97.1 Å². The molecule has 0 aliphatic carbocycles. The number of hydrogen-bond donors (Lipinski definition) is 2. The predicted molar refractivity (Wildman–Crippen MR) is 241 cm³/mol. The van der Waals surface area contributed by atoms with Crippen molar-refractivity contribution in [1.82, 2.24) is 10.2 Å². The van der Waals surface area contributed by atoms with Gasteiger partial charge in [-0.15, -0.1) is 0 Å². The summed E-state index contributed by atoms with van der Waals surface area (Å²) in [6, 6.07) is 31.7. The van der Waals surface area contributed by atoms with Crippen molar-refractivity contribution in [3.63, 3.8) is 0 Å². The van der Waals surface area contributed by atoms with Crippen LogP contribution in [0.2, 0.25) is 23.7 Å². The quantitative estimate of drug-likeness (QED) is 0.176. The summed E-state index contributed by atoms with van der Waals surface area (Å²) in [4.78, 5) is 52.1. The van der Waals surface area contributed by atoms with E-state index in [0.717, 1.165) is 54.3 Å². The first-order valence-electron chi connectivity index (χ1n) is 21.7. The van der Waals surface area contributed by atoms with Gasteiger partial charge in [0.25, 0.3) is 11.8 Å². The Morgan fingerprint density at radius 3 is 2.41 bits per heavy atom. The van der Waals surface area contributed by atoms with Gasteiger partial charge in [0, 0.05) is 34.4 Å². The van der Waals surface area contributed by atoms with Crippen molar-refractivity contribution < 1.29 is 29.0 Å². The summed E-state index contributed by atoms with van der Waals surface area (Å²) in [5, 5.41) is 15.3. The molecular weight excluding hydrogens is 806 g/mol. The van der Waals surface area contributed by atoms with Gasteiger partial charge in [-0.1, -0.05) is 79.3 Å². The van der Waals surface area contributed by atoms with Crippen molar-refractivity contribution in [3.8, 4) is 5.75 Å². The average Bonchev–Trinajstić information content (AvgIpc) is 4.00. The maximum atomic E-state index is 15.5. The molecule has 4 aromatic carbocycles. The maximum Gasteiger partial charge on any atom is 0.264 e. The molecule has 2 spiro atoms. The Morgan fingerprint density at radius 1 is 0.951 bits per heavy atom. The van der Waals surface area contributed by atoms with Gasteiger partial charge in [0.15, 0.2) is 5.60 Å². The molecule has 5 aliphatic rings. The second-order valence-electron chi connectivity index (χ2n) is 18.1. The van der Waals surface area contributed by atoms with Crippen molar-refractivity contribution in [1.29, 1.82) is 0 Å². The number of fused-ring (bicyclic) bond motifs is 2. The number of aliphatic hydroxyl groups excluding tert-OH is 1. The fourth-order valence-electron chi connectivity index (χ4n) is 11.5. The van der Waals surface area contributed by atoms with Crippen molar-refractivity contribution >= 4 is 59.6 Å². The highest BCUT2D eigenvalue weighted by molar-refractivity contribution is 6.91. The molecule has 5 heterocycles. The molecule has 11 nitrogen and oxygen atoms in total. The van der Waals surface area contributed by atoms with Gasteiger partial charge in [-0.25, -0.2) is 0 Å². The Balaban J connectivity index is 1.06. The Morgan fingerprint density at radius 2 is 1.69 bits per heavy atom. The molecular formula is C48H56ClN5O6Si. The lowest BCUT2D eigenvalue weighted by Gasteiger charge is -2.39. The number of methoxy groups -OCH3 is 1. The van der Waals surface area contributed by atoms with Crippen molar-refractivity contribution in [2.24, 2.45) is 5.92 Å². The third kappa shape index (κ3) is 6.86. The minimum atomic E-state index is -2.52. The van der Waals surface area contributed by atoms with Gasteiger partial charge in [-0.3, -0.25) is 19.3 Å². The first-order chi connectivity index (χ1) is 29.4. The number of nitrogens with zero attached hydrogens (tertiary/aromatic N) is 4. The van der Waals surface area contributed by atoms with Gasteiger partial charge in [0.2, 0.25) is 5.91 Å². The molecule has 5 aliphatic heterocycles. The topological polar surface area (TPSA) is 115 Å². The van der Waals surface area contributed by atoms with Crippen LogP contribution in [0.1, 0.15) is 50.2 Å². The lowest BCUT2D eigenvalue weighted by Crippen LogP contribution is -2.55. The molecule has 61 heavy (non-hydrogen) atoms. The molecule has 0 aromatic heterocycles. The summed E-state index contributed by atoms with van der Waals surface area (Å²) in [6.07, 6.45) is 2.57. The van der Waals surface area contributed by atoms with E-state index in [1.807, 2.05) is 82.6 Å². The van der Waals surface area contributed by atoms with Crippen molar-refractivity contribution in [2.45, 2.75) is 87.5 Å². The summed E-state index contributed by atoms with van der Waals surface area (Å²) in [7, 11) is -0.868. The zero-order valence-corrected chi connectivity index (χ0v) is 37.2. The van der Waals surface area contributed by atoms with Gasteiger partial charge in [0.05, 0.1) is 59.3 Å². The normalized spacial score (nSPS) is 25.9. The number of aliphatic hydroxyl groups is 1. The molecule has 5 atom stereocenters. The number of carbonyl (C=O) groups excluding carboxylic acids is 3. The van der Waals surface area contributed by atoms with E-state index in [-0.39, 0.29) is 54.8 Å². The molecule has 0 unspecified atom stereocenters. The maximum absolute atomic E-state index is 15.5. The molecule has 320 valence electrons. The molecule has 4 aromatic rings. The molecule has 4 saturated heterocycles. The van der Waals surface area contributed by atoms with Crippen molar-refractivity contribution in [3.05, 3.63) is 113 Å². The van der Waals surface area contributed by atoms with Crippen LogP contribution in [-0.2, 0) is 31.3 Å². The number of halogens is 1. The van der Waals surface area contributed by atoms with Gasteiger partial charge >= 0.3 is 0 Å². The smallest absolute Gasteiger partial charge is 0.264 e. The standard InChI is InChI=1S/C48H56ClN5O6Si/c1-32-44(61(3,4)39-18-16-38(59-2)17-19-39)42(28-43(56)51-25-9-14-37(51)30-55)60-48(32)40-27-34(49)15-20-41(40)52(46(48)58)29-33-10-8-13-36(26-33)53-31-54(35-11-6-5-7-12-35)47(45(53)57)21-23-50-24-22-47/h5-8,10-13,15-20,26-27,32,37,42,44,50,55H,9,14,21-25,28-31H2,1-4H3/t32-,37+,42+,44-,48+/m1/s1. The lowest BCUT2D eigenvalue weighted by atomic mass is 9.82. The van der Waals surface area contributed by atoms with E-state index in [4.69, 9.17) is 21.1 Å². The number of anilines is 3. The average molecular weight is 863 g/mol. The monoisotopic (exact) mass is 861 g/mol. The number of piperidine rings is 1. The van der Waals surface area contributed by atoms with E-state index in [0.29, 0.717) is 36.6 Å². The van der Waals surface area contributed by atoms with Gasteiger partial charge in [-0.2, -0.15) is 0 Å². The lowest BCUT2D eigenvalue weighted by molar-refractivity contribution is -0.150. The minimum absolute atomic E-state index is 0.0608. The third-order valence-corrected chi connectivity index (χ3v) is 19.2. The number of nitrogens with one attached hydrogen (secondary N) is 1. The number of hydrogen-bond acceptors (Lipinski definition) is 8. The summed E-state index contributed by atoms with van der Waals surface area (Å²) in [5.74, 6) is 0.287. The summed E-state index contributed by atoms with van der Waals surface area (Å²) >= 11 is 6.78. The fourth-order valence-corrected chi connectivity index (χ4v) is 15.6. The van der Waals surface area contributed by atoms with Crippen LogP contribution in [0.4, 0.5) is 17.1 Å². The fraction of sp³-hybridized carbons (Fsp3) is 0.438. The van der Waals surface area contributed by atoms with Crippen LogP contribution in [0.25, 0.3) is 0 Å². The van der Waals surface area contributed by atoms with Gasteiger partial charge in [-0.05, 0) is 104 Å². The first-order valence-corrected chi connectivity index (χ1v) is 25.2. The number of ether oxygens (including phenoxy) is 2. The third-order valence-electron chi connectivity index (χ3n) is 14.6. The van der Waals surface area contributed by atoms with E-state index in [1.54, 1.807) is 12.0 Å². The van der Waals surface area contributed by atoms with E-state index in [2.05, 4.69) is 54.5 Å². The first kappa shape index (κ1) is 41.6. The molecule has 4 fully saturated rings. The zero-order valence-electron chi connectivity index (χ0n) is 35.5. The van der Waals surface area contributed by atoms with Crippen LogP contribution >= 0.6 is 11.6 Å². The summed E-state index contributed by atoms with van der Waals surface area (Å²) in [6.45, 7) is 9.44. The molecule has 0 saturated carbocycles. The Labute approximate surface area is 364 Å². The van der Waals surface area contributed by atoms with E-state index < -0.39 is 25.3 Å². The molecule has 0 radical (unpaired) electrons. The van der Waals surface area contributed by atoms with Gasteiger partial charge < -0.3 is 34.6 Å². The Hall–Kier alpha value is -4.72. The largest absolute Gasteiger partial charge is 0.497 e. The predicted octanol–water partition coefficient (Wildman–Crippen LogP) is 6.42. The summed E-state index contributed by atoms with van der Waals surface area (Å²) < 4.78 is 12.8. The van der Waals surface area contributed by atoms with Crippen LogP contribution in [0.3, 0.4) is 0 Å². The van der Waals surface area contributed by atoms with Crippen LogP contribution in [0.5, 0.6) is 5.75 Å². The number of likely N-dealkylation sites (tertiary alicyclic amines) is 1. The summed E-state index contributed by atoms with van der Waals surface area (Å²) in [5.41, 5.74) is 1.94. The number of carbonyl (C=O) groups is 3. The van der Waals surface area contributed by atoms with E-state index in [1.165, 1.54) is 5.19 Å². The molecule has 3 amide bonds. The van der Waals surface area contributed by atoms with Crippen LogP contribution < -0.4 is 29.9 Å². The Kier molecular flexibility index (Phi) is 11.0. The van der Waals surface area contributed by atoms with E-state index in [9.17, 15) is 14.7 Å². The highest BCUT2D eigenvalue weighted by Gasteiger charge is 2.66. The highest BCUT2D eigenvalue weighted by Crippen LogP contribution is 2.60. The zero-order chi connectivity index (χ0) is 42.7. The second-order valence-corrected chi connectivity index (χ2v) is 23.2. The minimum Gasteiger partial charge on any atom is -0.497 e. The van der Waals surface area contributed by atoms with Crippen LogP contribution in [-0.4, -0.2) is 93.5 Å². The van der Waals surface area contributed by atoms with Crippen LogP contribution in [0, 0.1) is 5.92 Å². The van der Waals surface area contributed by atoms with Gasteiger partial charge in [0.1, 0.15) is 11.3 Å². The molecule has 9 rings (SSSR count). The number of amides is 3. The number of para-hydroxylation sites is 1. The molecule has 2 N–H and O–H groups in total. The van der Waals surface area contributed by atoms with Crippen molar-refractivity contribution in [2.75, 3.05) is 54.7 Å².